The van der Waals surface area contributed by atoms with Gasteiger partial charge in [-0.1, -0.05) is 38.3 Å². The zero-order chi connectivity index (χ0) is 15.5. The van der Waals surface area contributed by atoms with Gasteiger partial charge < -0.3 is 9.67 Å². The number of benzene rings is 1. The second kappa shape index (κ2) is 6.61. The number of hydrogen-bond acceptors (Lipinski definition) is 2. The SMILES string of the molecule is CCC1c2c(F)cccc2-c2cncn21.OC1CCCCC1. The lowest BCUT2D eigenvalue weighted by Crippen LogP contribution is -2.09. The van der Waals surface area contributed by atoms with Gasteiger partial charge in [0.2, 0.25) is 0 Å². The van der Waals surface area contributed by atoms with Gasteiger partial charge in [-0.2, -0.15) is 0 Å². The molecule has 0 saturated heterocycles. The molecule has 0 bridgehead atoms. The largest absolute Gasteiger partial charge is 0.393 e. The minimum Gasteiger partial charge on any atom is -0.393 e. The van der Waals surface area contributed by atoms with E-state index in [1.165, 1.54) is 25.3 Å². The van der Waals surface area contributed by atoms with Gasteiger partial charge in [0.05, 0.1) is 30.4 Å². The minimum absolute atomic E-state index is 0.0359. The molecule has 0 spiro atoms. The van der Waals surface area contributed by atoms with Crippen molar-refractivity contribution in [3.05, 3.63) is 42.1 Å². The van der Waals surface area contributed by atoms with Crippen LogP contribution in [0.25, 0.3) is 11.3 Å². The van der Waals surface area contributed by atoms with Crippen LogP contribution in [0.5, 0.6) is 0 Å². The van der Waals surface area contributed by atoms with Crippen LogP contribution in [-0.4, -0.2) is 20.8 Å². The van der Waals surface area contributed by atoms with Gasteiger partial charge in [-0.05, 0) is 25.3 Å². The summed E-state index contributed by atoms with van der Waals surface area (Å²) >= 11 is 0. The predicted octanol–water partition coefficient (Wildman–Crippen LogP) is 4.31. The number of aliphatic hydroxyl groups excluding tert-OH is 1. The molecule has 4 rings (SSSR count). The molecule has 1 aromatic heterocycles. The normalized spacial score (nSPS) is 20.0. The molecular weight excluding hydrogens is 279 g/mol. The molecule has 1 unspecified atom stereocenters. The molecule has 0 amide bonds. The molecule has 2 aliphatic rings. The molecule has 2 heterocycles. The monoisotopic (exact) mass is 302 g/mol. The Kier molecular flexibility index (Phi) is 4.57. The van der Waals surface area contributed by atoms with Gasteiger partial charge in [-0.25, -0.2) is 9.37 Å². The highest BCUT2D eigenvalue weighted by molar-refractivity contribution is 5.69. The van der Waals surface area contributed by atoms with Crippen LogP contribution < -0.4 is 0 Å². The van der Waals surface area contributed by atoms with Crippen LogP contribution in [-0.2, 0) is 0 Å². The number of aromatic nitrogens is 2. The van der Waals surface area contributed by atoms with Crippen LogP contribution in [0, 0.1) is 5.82 Å². The highest BCUT2D eigenvalue weighted by Gasteiger charge is 2.29. The van der Waals surface area contributed by atoms with E-state index in [0.717, 1.165) is 36.1 Å². The van der Waals surface area contributed by atoms with Crippen molar-refractivity contribution >= 4 is 0 Å². The van der Waals surface area contributed by atoms with E-state index in [4.69, 9.17) is 5.11 Å². The number of halogens is 1. The summed E-state index contributed by atoms with van der Waals surface area (Å²) in [5, 5.41) is 8.91. The molecule has 1 atom stereocenters. The Hall–Kier alpha value is -1.68. The Labute approximate surface area is 130 Å². The van der Waals surface area contributed by atoms with E-state index in [9.17, 15) is 4.39 Å². The summed E-state index contributed by atoms with van der Waals surface area (Å²) in [4.78, 5) is 4.11. The molecule has 1 aliphatic carbocycles. The third-order valence-electron chi connectivity index (χ3n) is 4.63. The first-order valence-corrected chi connectivity index (χ1v) is 8.21. The summed E-state index contributed by atoms with van der Waals surface area (Å²) in [5.74, 6) is -0.108. The number of aliphatic hydroxyl groups is 1. The summed E-state index contributed by atoms with van der Waals surface area (Å²) < 4.78 is 15.8. The highest BCUT2D eigenvalue weighted by atomic mass is 19.1. The molecular formula is C18H23FN2O. The van der Waals surface area contributed by atoms with E-state index in [2.05, 4.69) is 11.9 Å². The third-order valence-corrected chi connectivity index (χ3v) is 4.63. The predicted molar refractivity (Wildman–Crippen MR) is 85.1 cm³/mol. The summed E-state index contributed by atoms with van der Waals surface area (Å²) in [7, 11) is 0. The summed E-state index contributed by atoms with van der Waals surface area (Å²) in [6, 6.07) is 5.35. The fourth-order valence-corrected chi connectivity index (χ4v) is 3.48. The van der Waals surface area contributed by atoms with Crippen molar-refractivity contribution < 1.29 is 9.50 Å². The Morgan fingerprint density at radius 3 is 2.68 bits per heavy atom. The molecule has 118 valence electrons. The molecule has 2 aromatic rings. The molecule has 1 aliphatic heterocycles. The molecule has 1 fully saturated rings. The third kappa shape index (κ3) is 2.80. The van der Waals surface area contributed by atoms with Crippen molar-refractivity contribution in [3.8, 4) is 11.3 Å². The van der Waals surface area contributed by atoms with Crippen molar-refractivity contribution in [2.75, 3.05) is 0 Å². The molecule has 0 radical (unpaired) electrons. The summed E-state index contributed by atoms with van der Waals surface area (Å²) in [6.07, 6.45) is 10.4. The van der Waals surface area contributed by atoms with Crippen molar-refractivity contribution in [2.24, 2.45) is 0 Å². The van der Waals surface area contributed by atoms with Crippen molar-refractivity contribution in [2.45, 2.75) is 57.6 Å². The Balaban J connectivity index is 0.000000174. The molecule has 3 nitrogen and oxygen atoms in total. The van der Waals surface area contributed by atoms with E-state index in [-0.39, 0.29) is 18.0 Å². The van der Waals surface area contributed by atoms with Crippen LogP contribution in [0.1, 0.15) is 57.1 Å². The van der Waals surface area contributed by atoms with Gasteiger partial charge in [0.15, 0.2) is 0 Å². The lowest BCUT2D eigenvalue weighted by Gasteiger charge is -2.14. The standard InChI is InChI=1S/C12H11FN2.C6H12O/c1-2-10-12-8(4-3-5-9(12)13)11-6-14-7-15(10)11;7-6-4-2-1-3-5-6/h3-7,10H,2H2,1H3;6-7H,1-5H2. The molecule has 1 aromatic carbocycles. The molecule has 1 saturated carbocycles. The minimum atomic E-state index is -0.108. The summed E-state index contributed by atoms with van der Waals surface area (Å²) in [5.41, 5.74) is 2.83. The number of rotatable bonds is 1. The smallest absolute Gasteiger partial charge is 0.129 e. The number of hydrogen-bond donors (Lipinski definition) is 1. The van der Waals surface area contributed by atoms with Gasteiger partial charge in [0.25, 0.3) is 0 Å². The average molecular weight is 302 g/mol. The topological polar surface area (TPSA) is 38.0 Å². The van der Waals surface area contributed by atoms with E-state index in [1.807, 2.05) is 10.6 Å². The van der Waals surface area contributed by atoms with E-state index in [0.29, 0.717) is 0 Å². The zero-order valence-corrected chi connectivity index (χ0v) is 13.0. The molecule has 1 N–H and O–H groups in total. The highest BCUT2D eigenvalue weighted by Crippen LogP contribution is 2.41. The van der Waals surface area contributed by atoms with E-state index < -0.39 is 0 Å². The van der Waals surface area contributed by atoms with Gasteiger partial charge in [0.1, 0.15) is 5.82 Å². The Morgan fingerprint density at radius 2 is 2.05 bits per heavy atom. The van der Waals surface area contributed by atoms with Gasteiger partial charge in [-0.15, -0.1) is 0 Å². The molecule has 22 heavy (non-hydrogen) atoms. The van der Waals surface area contributed by atoms with Crippen LogP contribution >= 0.6 is 0 Å². The number of imidazole rings is 1. The first-order chi connectivity index (χ1) is 10.7. The maximum atomic E-state index is 13.7. The number of nitrogens with zero attached hydrogens (tertiary/aromatic N) is 2. The molecule has 4 heteroatoms. The first-order valence-electron chi connectivity index (χ1n) is 8.21. The van der Waals surface area contributed by atoms with E-state index in [1.54, 1.807) is 18.6 Å². The zero-order valence-electron chi connectivity index (χ0n) is 13.0. The number of fused-ring (bicyclic) bond motifs is 3. The van der Waals surface area contributed by atoms with Crippen LogP contribution in [0.3, 0.4) is 0 Å². The average Bonchev–Trinajstić information content (AvgIpc) is 3.10. The van der Waals surface area contributed by atoms with Crippen molar-refractivity contribution in [3.63, 3.8) is 0 Å². The van der Waals surface area contributed by atoms with Crippen molar-refractivity contribution in [1.82, 2.24) is 9.55 Å². The summed E-state index contributed by atoms with van der Waals surface area (Å²) in [6.45, 7) is 2.07. The second-order valence-corrected chi connectivity index (χ2v) is 6.10. The van der Waals surface area contributed by atoms with Gasteiger partial charge in [0, 0.05) is 11.1 Å². The van der Waals surface area contributed by atoms with Crippen LogP contribution in [0.4, 0.5) is 4.39 Å². The van der Waals surface area contributed by atoms with Crippen LogP contribution in [0.2, 0.25) is 0 Å². The first kappa shape index (κ1) is 15.2. The Bertz CT molecular complexity index is 632. The van der Waals surface area contributed by atoms with Crippen molar-refractivity contribution in [1.29, 1.82) is 0 Å². The lowest BCUT2D eigenvalue weighted by molar-refractivity contribution is 0.130. The fraction of sp³-hybridized carbons (Fsp3) is 0.500. The Morgan fingerprint density at radius 1 is 1.27 bits per heavy atom. The lowest BCUT2D eigenvalue weighted by atomic mass is 9.98. The second-order valence-electron chi connectivity index (χ2n) is 6.10. The van der Waals surface area contributed by atoms with Crippen LogP contribution in [0.15, 0.2) is 30.7 Å². The maximum absolute atomic E-state index is 13.7. The van der Waals surface area contributed by atoms with Gasteiger partial charge >= 0.3 is 0 Å². The van der Waals surface area contributed by atoms with E-state index >= 15 is 0 Å². The fourth-order valence-electron chi connectivity index (χ4n) is 3.48. The maximum Gasteiger partial charge on any atom is 0.129 e. The quantitative estimate of drug-likeness (QED) is 0.852. The van der Waals surface area contributed by atoms with Gasteiger partial charge in [-0.3, -0.25) is 0 Å².